The predicted octanol–water partition coefficient (Wildman–Crippen LogP) is 4.22. The van der Waals surface area contributed by atoms with Crippen LogP contribution >= 0.6 is 0 Å². The van der Waals surface area contributed by atoms with Crippen molar-refractivity contribution >= 4 is 17.9 Å². The maximum absolute atomic E-state index is 12.0. The molecule has 1 aromatic rings. The number of nitrogens with zero attached hydrogens (tertiary/aromatic N) is 1. The Balaban J connectivity index is 2.27. The molecule has 0 saturated heterocycles. The number of esters is 1. The number of ether oxygens (including phenoxy) is 3. The molecule has 0 aromatic heterocycles. The third-order valence-electron chi connectivity index (χ3n) is 3.51. The number of cyclic esters (lactones) is 1. The van der Waals surface area contributed by atoms with E-state index in [1.165, 1.54) is 0 Å². The van der Waals surface area contributed by atoms with Gasteiger partial charge in [-0.25, -0.2) is 9.79 Å². The summed E-state index contributed by atoms with van der Waals surface area (Å²) in [6, 6.07) is 5.53. The lowest BCUT2D eigenvalue weighted by atomic mass is 9.97. The van der Waals surface area contributed by atoms with Crippen LogP contribution in [0.25, 0.3) is 6.08 Å². The number of carbonyl (C=O) groups excluding carboxylic acids is 1. The highest BCUT2D eigenvalue weighted by atomic mass is 16.6. The van der Waals surface area contributed by atoms with Crippen molar-refractivity contribution < 1.29 is 19.0 Å². The molecule has 2 rings (SSSR count). The van der Waals surface area contributed by atoms with E-state index in [-0.39, 0.29) is 5.41 Å². The van der Waals surface area contributed by atoms with Crippen molar-refractivity contribution in [1.82, 2.24) is 0 Å². The first-order chi connectivity index (χ1) is 11.3. The molecule has 0 amide bonds. The fourth-order valence-electron chi connectivity index (χ4n) is 2.11. The molecule has 0 fully saturated rings. The Hall–Kier alpha value is -2.30. The van der Waals surface area contributed by atoms with E-state index in [4.69, 9.17) is 14.2 Å². The zero-order valence-electron chi connectivity index (χ0n) is 15.0. The normalized spacial score (nSPS) is 16.1. The van der Waals surface area contributed by atoms with Crippen molar-refractivity contribution in [1.29, 1.82) is 0 Å². The Labute approximate surface area is 143 Å². The van der Waals surface area contributed by atoms with Crippen molar-refractivity contribution in [3.05, 3.63) is 29.5 Å². The van der Waals surface area contributed by atoms with Gasteiger partial charge in [-0.3, -0.25) is 0 Å². The van der Waals surface area contributed by atoms with Crippen LogP contribution in [0.5, 0.6) is 11.5 Å². The molecule has 1 aromatic carbocycles. The fraction of sp³-hybridized carbons (Fsp3) is 0.474. The molecular formula is C19H25NO4. The van der Waals surface area contributed by atoms with E-state index >= 15 is 0 Å². The van der Waals surface area contributed by atoms with Gasteiger partial charge in [0.2, 0.25) is 5.90 Å². The summed E-state index contributed by atoms with van der Waals surface area (Å²) in [6.07, 6.45) is 3.73. The quantitative estimate of drug-likeness (QED) is 0.445. The molecule has 0 spiro atoms. The van der Waals surface area contributed by atoms with Crippen molar-refractivity contribution in [3.63, 3.8) is 0 Å². The van der Waals surface area contributed by atoms with E-state index in [2.05, 4.69) is 11.9 Å². The van der Waals surface area contributed by atoms with E-state index in [9.17, 15) is 4.79 Å². The van der Waals surface area contributed by atoms with Gasteiger partial charge in [0.1, 0.15) is 0 Å². The maximum Gasteiger partial charge on any atom is 0.363 e. The number of rotatable bonds is 6. The summed E-state index contributed by atoms with van der Waals surface area (Å²) >= 11 is 0. The van der Waals surface area contributed by atoms with Crippen molar-refractivity contribution in [2.45, 2.75) is 40.5 Å². The van der Waals surface area contributed by atoms with Gasteiger partial charge in [-0.2, -0.15) is 0 Å². The van der Waals surface area contributed by atoms with E-state index in [1.807, 2.05) is 39.0 Å². The van der Waals surface area contributed by atoms with Gasteiger partial charge >= 0.3 is 5.97 Å². The van der Waals surface area contributed by atoms with E-state index in [0.717, 1.165) is 18.4 Å². The molecule has 5 heteroatoms. The van der Waals surface area contributed by atoms with Crippen LogP contribution in [0.1, 0.15) is 46.1 Å². The minimum Gasteiger partial charge on any atom is -0.493 e. The lowest BCUT2D eigenvalue weighted by molar-refractivity contribution is -0.130. The minimum atomic E-state index is -0.427. The summed E-state index contributed by atoms with van der Waals surface area (Å²) in [5.74, 6) is 1.34. The molecule has 0 unspecified atom stereocenters. The fourth-order valence-corrected chi connectivity index (χ4v) is 2.11. The Morgan fingerprint density at radius 3 is 2.58 bits per heavy atom. The number of unbranched alkanes of at least 4 members (excludes halogenated alkanes) is 1. The first-order valence-electron chi connectivity index (χ1n) is 8.19. The second-order valence-corrected chi connectivity index (χ2v) is 6.70. The Kier molecular flexibility index (Phi) is 5.65. The van der Waals surface area contributed by atoms with Gasteiger partial charge < -0.3 is 14.2 Å². The highest BCUT2D eigenvalue weighted by Gasteiger charge is 2.31. The lowest BCUT2D eigenvalue weighted by Gasteiger charge is -2.15. The van der Waals surface area contributed by atoms with Gasteiger partial charge in [-0.15, -0.1) is 0 Å². The zero-order valence-corrected chi connectivity index (χ0v) is 15.0. The standard InChI is InChI=1S/C19H25NO4/c1-6-7-10-23-16-12-13(8-9-15(16)22-5)11-14-17(21)24-18(20-14)19(2,3)4/h8-9,11-12H,6-7,10H2,1-5H3/b14-11-. The monoisotopic (exact) mass is 331 g/mol. The van der Waals surface area contributed by atoms with Crippen LogP contribution in [0, 0.1) is 5.41 Å². The average Bonchev–Trinajstić information content (AvgIpc) is 2.89. The summed E-state index contributed by atoms with van der Waals surface area (Å²) in [7, 11) is 1.61. The van der Waals surface area contributed by atoms with Gasteiger partial charge in [0, 0.05) is 5.41 Å². The Morgan fingerprint density at radius 2 is 2.00 bits per heavy atom. The summed E-state index contributed by atoms with van der Waals surface area (Å²) in [5, 5.41) is 0. The second-order valence-electron chi connectivity index (χ2n) is 6.70. The molecule has 130 valence electrons. The first kappa shape index (κ1) is 18.0. The third-order valence-corrected chi connectivity index (χ3v) is 3.51. The van der Waals surface area contributed by atoms with Crippen molar-refractivity contribution in [2.24, 2.45) is 10.4 Å². The highest BCUT2D eigenvalue weighted by Crippen LogP contribution is 2.31. The van der Waals surface area contributed by atoms with Gasteiger partial charge in [-0.05, 0) is 30.2 Å². The predicted molar refractivity (Wildman–Crippen MR) is 94.4 cm³/mol. The largest absolute Gasteiger partial charge is 0.493 e. The number of benzene rings is 1. The second kappa shape index (κ2) is 7.51. The molecule has 1 heterocycles. The molecule has 0 bridgehead atoms. The van der Waals surface area contributed by atoms with Crippen LogP contribution < -0.4 is 9.47 Å². The van der Waals surface area contributed by atoms with Crippen molar-refractivity contribution in [3.8, 4) is 11.5 Å². The van der Waals surface area contributed by atoms with Crippen molar-refractivity contribution in [2.75, 3.05) is 13.7 Å². The smallest absolute Gasteiger partial charge is 0.363 e. The average molecular weight is 331 g/mol. The molecular weight excluding hydrogens is 306 g/mol. The summed E-state index contributed by atoms with van der Waals surface area (Å²) < 4.78 is 16.3. The highest BCUT2D eigenvalue weighted by molar-refractivity contribution is 6.08. The zero-order chi connectivity index (χ0) is 17.7. The van der Waals surface area contributed by atoms with Crippen LogP contribution in [0.2, 0.25) is 0 Å². The third kappa shape index (κ3) is 4.37. The SMILES string of the molecule is CCCCOc1cc(/C=C2\N=C(C(C)(C)C)OC2=O)ccc1OC. The van der Waals surface area contributed by atoms with Gasteiger partial charge in [0.05, 0.1) is 13.7 Å². The summed E-state index contributed by atoms with van der Waals surface area (Å²) in [5.41, 5.74) is 0.803. The van der Waals surface area contributed by atoms with E-state index < -0.39 is 5.97 Å². The number of methoxy groups -OCH3 is 1. The van der Waals surface area contributed by atoms with Gasteiger partial charge in [0.15, 0.2) is 17.2 Å². The topological polar surface area (TPSA) is 57.1 Å². The molecule has 0 atom stereocenters. The Bertz CT molecular complexity index is 668. The molecule has 24 heavy (non-hydrogen) atoms. The molecule has 0 N–H and O–H groups in total. The molecule has 1 aliphatic heterocycles. The van der Waals surface area contributed by atoms with E-state index in [1.54, 1.807) is 13.2 Å². The van der Waals surface area contributed by atoms with Crippen LogP contribution in [-0.4, -0.2) is 25.6 Å². The maximum atomic E-state index is 12.0. The molecule has 0 saturated carbocycles. The van der Waals surface area contributed by atoms with E-state index in [0.29, 0.717) is 29.7 Å². The number of aliphatic imine (C=N–C) groups is 1. The van der Waals surface area contributed by atoms with Crippen LogP contribution in [-0.2, 0) is 9.53 Å². The summed E-state index contributed by atoms with van der Waals surface area (Å²) in [6.45, 7) is 8.60. The van der Waals surface area contributed by atoms with Crippen LogP contribution in [0.15, 0.2) is 28.9 Å². The van der Waals surface area contributed by atoms with Crippen LogP contribution in [0.4, 0.5) is 0 Å². The lowest BCUT2D eigenvalue weighted by Crippen LogP contribution is -2.21. The minimum absolute atomic E-state index is 0.296. The molecule has 5 nitrogen and oxygen atoms in total. The molecule has 0 radical (unpaired) electrons. The Morgan fingerprint density at radius 1 is 1.25 bits per heavy atom. The van der Waals surface area contributed by atoms with Gasteiger partial charge in [-0.1, -0.05) is 40.2 Å². The van der Waals surface area contributed by atoms with Gasteiger partial charge in [0.25, 0.3) is 0 Å². The molecule has 0 aliphatic carbocycles. The van der Waals surface area contributed by atoms with Crippen LogP contribution in [0.3, 0.4) is 0 Å². The first-order valence-corrected chi connectivity index (χ1v) is 8.19. The summed E-state index contributed by atoms with van der Waals surface area (Å²) in [4.78, 5) is 16.3. The molecule has 1 aliphatic rings. The number of carbonyl (C=O) groups is 1. The number of hydrogen-bond acceptors (Lipinski definition) is 5. The number of hydrogen-bond donors (Lipinski definition) is 0.